The van der Waals surface area contributed by atoms with Gasteiger partial charge in [-0.3, -0.25) is 4.79 Å². The zero-order chi connectivity index (χ0) is 15.9. The zero-order valence-electron chi connectivity index (χ0n) is 11.9. The fourth-order valence-electron chi connectivity index (χ4n) is 2.15. The Morgan fingerprint density at radius 3 is 2.32 bits per heavy atom. The number of aliphatic carboxylic acids is 1. The van der Waals surface area contributed by atoms with Crippen LogP contribution < -0.4 is 5.32 Å². The fraction of sp³-hybridized carbons (Fsp3) is 0.176. The molecule has 0 aliphatic heterocycles. The molecule has 0 fully saturated rings. The molecule has 0 spiro atoms. The van der Waals surface area contributed by atoms with Gasteiger partial charge in [-0.1, -0.05) is 42.5 Å². The first-order chi connectivity index (χ1) is 10.5. The highest BCUT2D eigenvalue weighted by Gasteiger charge is 2.20. The number of nitrogens with one attached hydrogen (secondary N) is 1. The minimum atomic E-state index is -1.11. The van der Waals surface area contributed by atoms with Crippen LogP contribution >= 0.6 is 0 Å². The van der Waals surface area contributed by atoms with Gasteiger partial charge in [0.15, 0.2) is 0 Å². The molecule has 0 bridgehead atoms. The Morgan fingerprint density at radius 1 is 1.00 bits per heavy atom. The fourth-order valence-corrected chi connectivity index (χ4v) is 2.15. The van der Waals surface area contributed by atoms with Gasteiger partial charge in [0.1, 0.15) is 11.8 Å². The number of hydrogen-bond donors (Lipinski definition) is 3. The third-order valence-corrected chi connectivity index (χ3v) is 3.19. The van der Waals surface area contributed by atoms with Crippen molar-refractivity contribution in [1.29, 1.82) is 0 Å². The number of carboxylic acid groups (broad SMARTS) is 1. The molecule has 5 heteroatoms. The highest BCUT2D eigenvalue weighted by Crippen LogP contribution is 2.13. The average molecular weight is 299 g/mol. The molecule has 0 saturated carbocycles. The van der Waals surface area contributed by atoms with Crippen molar-refractivity contribution in [2.45, 2.75) is 18.9 Å². The molecule has 3 N–H and O–H groups in total. The lowest BCUT2D eigenvalue weighted by Crippen LogP contribution is -2.43. The van der Waals surface area contributed by atoms with Gasteiger partial charge < -0.3 is 15.5 Å². The number of hydrogen-bond acceptors (Lipinski definition) is 3. The Labute approximate surface area is 128 Å². The van der Waals surface area contributed by atoms with Gasteiger partial charge in [-0.25, -0.2) is 4.79 Å². The molecule has 0 radical (unpaired) electrons. The number of carbonyl (C=O) groups is 2. The van der Waals surface area contributed by atoms with Crippen LogP contribution in [-0.4, -0.2) is 28.1 Å². The van der Waals surface area contributed by atoms with Crippen LogP contribution in [0.15, 0.2) is 54.6 Å². The second-order valence-corrected chi connectivity index (χ2v) is 4.99. The molecule has 1 amide bonds. The standard InChI is InChI=1S/C17H17NO4/c19-14-8-4-7-13(9-14)10-15(17(21)22)18-16(20)11-12-5-2-1-3-6-12/h1-9,15,19H,10-11H2,(H,18,20)(H,21,22). The summed E-state index contributed by atoms with van der Waals surface area (Å²) in [5.41, 5.74) is 1.47. The number of phenols is 1. The van der Waals surface area contributed by atoms with Crippen LogP contribution in [0.1, 0.15) is 11.1 Å². The molecule has 0 saturated heterocycles. The second-order valence-electron chi connectivity index (χ2n) is 4.99. The molecule has 5 nitrogen and oxygen atoms in total. The predicted molar refractivity (Wildman–Crippen MR) is 81.5 cm³/mol. The number of benzene rings is 2. The number of phenolic OH excluding ortho intramolecular Hbond substituents is 1. The minimum absolute atomic E-state index is 0.0669. The SMILES string of the molecule is O=C(Cc1ccccc1)NC(Cc1cccc(O)c1)C(=O)O. The van der Waals surface area contributed by atoms with E-state index in [9.17, 15) is 19.8 Å². The summed E-state index contributed by atoms with van der Waals surface area (Å²) in [5.74, 6) is -1.39. The summed E-state index contributed by atoms with van der Waals surface area (Å²) in [7, 11) is 0. The van der Waals surface area contributed by atoms with Crippen molar-refractivity contribution >= 4 is 11.9 Å². The summed E-state index contributed by atoms with van der Waals surface area (Å²) in [4.78, 5) is 23.3. The summed E-state index contributed by atoms with van der Waals surface area (Å²) in [5, 5.41) is 21.2. The lowest BCUT2D eigenvalue weighted by Gasteiger charge is -2.15. The van der Waals surface area contributed by atoms with Crippen LogP contribution in [0.5, 0.6) is 5.75 Å². The first-order valence-electron chi connectivity index (χ1n) is 6.88. The highest BCUT2D eigenvalue weighted by molar-refractivity contribution is 5.85. The van der Waals surface area contributed by atoms with E-state index in [1.807, 2.05) is 30.3 Å². The number of carboxylic acids is 1. The molecular weight excluding hydrogens is 282 g/mol. The van der Waals surface area contributed by atoms with Gasteiger partial charge >= 0.3 is 5.97 Å². The van der Waals surface area contributed by atoms with Gasteiger partial charge in [0.25, 0.3) is 0 Å². The summed E-state index contributed by atoms with van der Waals surface area (Å²) in [6, 6.07) is 14.4. The summed E-state index contributed by atoms with van der Waals surface area (Å²) >= 11 is 0. The van der Waals surface area contributed by atoms with Crippen LogP contribution in [0.3, 0.4) is 0 Å². The second kappa shape index (κ2) is 7.26. The van der Waals surface area contributed by atoms with Crippen molar-refractivity contribution < 1.29 is 19.8 Å². The third kappa shape index (κ3) is 4.63. The van der Waals surface area contributed by atoms with Crippen LogP contribution in [-0.2, 0) is 22.4 Å². The highest BCUT2D eigenvalue weighted by atomic mass is 16.4. The average Bonchev–Trinajstić information content (AvgIpc) is 2.47. The number of rotatable bonds is 6. The molecular formula is C17H17NO4. The van der Waals surface area contributed by atoms with Crippen molar-refractivity contribution in [2.24, 2.45) is 0 Å². The number of amides is 1. The van der Waals surface area contributed by atoms with Gasteiger partial charge in [0, 0.05) is 6.42 Å². The van der Waals surface area contributed by atoms with E-state index in [1.54, 1.807) is 12.1 Å². The van der Waals surface area contributed by atoms with Gasteiger partial charge in [0.05, 0.1) is 6.42 Å². The summed E-state index contributed by atoms with van der Waals surface area (Å²) in [6.45, 7) is 0. The minimum Gasteiger partial charge on any atom is -0.508 e. The molecule has 0 aromatic heterocycles. The third-order valence-electron chi connectivity index (χ3n) is 3.19. The molecule has 0 aliphatic carbocycles. The number of carbonyl (C=O) groups excluding carboxylic acids is 1. The van der Waals surface area contributed by atoms with Gasteiger partial charge in [-0.2, -0.15) is 0 Å². The maximum atomic E-state index is 12.0. The largest absolute Gasteiger partial charge is 0.508 e. The molecule has 2 aromatic rings. The van der Waals surface area contributed by atoms with Crippen molar-refractivity contribution in [1.82, 2.24) is 5.32 Å². The van der Waals surface area contributed by atoms with Crippen molar-refractivity contribution in [3.63, 3.8) is 0 Å². The molecule has 22 heavy (non-hydrogen) atoms. The van der Waals surface area contributed by atoms with Gasteiger partial charge in [-0.15, -0.1) is 0 Å². The maximum Gasteiger partial charge on any atom is 0.326 e. The van der Waals surface area contributed by atoms with Crippen LogP contribution in [0.2, 0.25) is 0 Å². The smallest absolute Gasteiger partial charge is 0.326 e. The van der Waals surface area contributed by atoms with E-state index in [-0.39, 0.29) is 24.5 Å². The van der Waals surface area contributed by atoms with E-state index in [0.717, 1.165) is 5.56 Å². The summed E-state index contributed by atoms with van der Waals surface area (Å²) < 4.78 is 0. The molecule has 1 unspecified atom stereocenters. The molecule has 1 atom stereocenters. The maximum absolute atomic E-state index is 12.0. The lowest BCUT2D eigenvalue weighted by molar-refractivity contribution is -0.141. The summed E-state index contributed by atoms with van der Waals surface area (Å²) in [6.07, 6.45) is 0.245. The number of aromatic hydroxyl groups is 1. The van der Waals surface area contributed by atoms with E-state index in [4.69, 9.17) is 0 Å². The monoisotopic (exact) mass is 299 g/mol. The first-order valence-corrected chi connectivity index (χ1v) is 6.88. The van der Waals surface area contributed by atoms with Gasteiger partial charge in [-0.05, 0) is 23.3 Å². The normalized spacial score (nSPS) is 11.6. The topological polar surface area (TPSA) is 86.6 Å². The molecule has 2 rings (SSSR count). The van der Waals surface area contributed by atoms with Crippen LogP contribution in [0, 0.1) is 0 Å². The Morgan fingerprint density at radius 2 is 1.68 bits per heavy atom. The van der Waals surface area contributed by atoms with E-state index >= 15 is 0 Å². The lowest BCUT2D eigenvalue weighted by atomic mass is 10.0. The quantitative estimate of drug-likeness (QED) is 0.758. The first kappa shape index (κ1) is 15.6. The van der Waals surface area contributed by atoms with Crippen molar-refractivity contribution in [2.75, 3.05) is 0 Å². The molecule has 2 aromatic carbocycles. The Kier molecular flexibility index (Phi) is 5.14. The molecule has 114 valence electrons. The Balaban J connectivity index is 1.99. The van der Waals surface area contributed by atoms with Crippen LogP contribution in [0.4, 0.5) is 0 Å². The zero-order valence-corrected chi connectivity index (χ0v) is 11.9. The Bertz CT molecular complexity index is 655. The van der Waals surface area contributed by atoms with Crippen molar-refractivity contribution in [3.05, 3.63) is 65.7 Å². The van der Waals surface area contributed by atoms with E-state index in [2.05, 4.69) is 5.32 Å². The molecule has 0 heterocycles. The van der Waals surface area contributed by atoms with E-state index in [0.29, 0.717) is 5.56 Å². The van der Waals surface area contributed by atoms with Gasteiger partial charge in [0.2, 0.25) is 5.91 Å². The predicted octanol–water partition coefficient (Wildman–Crippen LogP) is 1.75. The Hall–Kier alpha value is -2.82. The van der Waals surface area contributed by atoms with E-state index < -0.39 is 12.0 Å². The molecule has 0 aliphatic rings. The van der Waals surface area contributed by atoms with Crippen molar-refractivity contribution in [3.8, 4) is 5.75 Å². The van der Waals surface area contributed by atoms with Crippen LogP contribution in [0.25, 0.3) is 0 Å². The van der Waals surface area contributed by atoms with E-state index in [1.165, 1.54) is 12.1 Å².